The predicted molar refractivity (Wildman–Crippen MR) is 47.7 cm³/mol. The van der Waals surface area contributed by atoms with Crippen molar-refractivity contribution >= 4 is 0 Å². The third kappa shape index (κ3) is 2.48. The van der Waals surface area contributed by atoms with Gasteiger partial charge in [0.05, 0.1) is 11.7 Å². The van der Waals surface area contributed by atoms with Gasteiger partial charge in [0.25, 0.3) is 0 Å². The maximum atomic E-state index is 5.85. The summed E-state index contributed by atoms with van der Waals surface area (Å²) < 4.78 is 5.85. The van der Waals surface area contributed by atoms with Crippen LogP contribution in [-0.4, -0.2) is 11.7 Å². The third-order valence-electron chi connectivity index (χ3n) is 2.62. The molecule has 1 heterocycles. The zero-order valence-corrected chi connectivity index (χ0v) is 8.02. The molecule has 0 aromatic rings. The van der Waals surface area contributed by atoms with E-state index in [1.165, 1.54) is 32.1 Å². The average molecular weight is 156 g/mol. The van der Waals surface area contributed by atoms with Crippen LogP contribution in [0, 0.1) is 0 Å². The van der Waals surface area contributed by atoms with Crippen LogP contribution in [0.1, 0.15) is 52.9 Å². The van der Waals surface area contributed by atoms with Crippen LogP contribution < -0.4 is 0 Å². The molecule has 1 fully saturated rings. The summed E-state index contributed by atoms with van der Waals surface area (Å²) in [4.78, 5) is 0. The molecule has 0 aromatic heterocycles. The van der Waals surface area contributed by atoms with E-state index >= 15 is 0 Å². The minimum absolute atomic E-state index is 0.218. The van der Waals surface area contributed by atoms with Gasteiger partial charge in [-0.25, -0.2) is 0 Å². The molecule has 1 heteroatoms. The van der Waals surface area contributed by atoms with Gasteiger partial charge < -0.3 is 4.74 Å². The fraction of sp³-hybridized carbons (Fsp3) is 1.00. The van der Waals surface area contributed by atoms with Crippen molar-refractivity contribution in [1.82, 2.24) is 0 Å². The van der Waals surface area contributed by atoms with Crippen LogP contribution in [0.2, 0.25) is 0 Å². The zero-order valence-electron chi connectivity index (χ0n) is 8.02. The van der Waals surface area contributed by atoms with Crippen molar-refractivity contribution in [1.29, 1.82) is 0 Å². The Morgan fingerprint density at radius 2 is 2.27 bits per heavy atom. The minimum Gasteiger partial charge on any atom is -0.372 e. The first kappa shape index (κ1) is 9.05. The lowest BCUT2D eigenvalue weighted by Crippen LogP contribution is -2.23. The van der Waals surface area contributed by atoms with Crippen molar-refractivity contribution in [2.24, 2.45) is 0 Å². The molecule has 0 aromatic carbocycles. The van der Waals surface area contributed by atoms with Crippen molar-refractivity contribution in [3.05, 3.63) is 0 Å². The molecule has 1 aliphatic heterocycles. The van der Waals surface area contributed by atoms with Crippen molar-refractivity contribution in [3.8, 4) is 0 Å². The van der Waals surface area contributed by atoms with Gasteiger partial charge in [-0.1, -0.05) is 19.8 Å². The maximum absolute atomic E-state index is 5.85. The molecule has 1 aliphatic rings. The van der Waals surface area contributed by atoms with E-state index in [1.807, 2.05) is 0 Å². The van der Waals surface area contributed by atoms with E-state index in [1.54, 1.807) is 0 Å². The monoisotopic (exact) mass is 156 g/mol. The van der Waals surface area contributed by atoms with Crippen molar-refractivity contribution < 1.29 is 4.74 Å². The predicted octanol–water partition coefficient (Wildman–Crippen LogP) is 3.13. The number of hydrogen-bond donors (Lipinski definition) is 0. The molecule has 1 nitrogen and oxygen atoms in total. The Labute approximate surface area is 70.1 Å². The van der Waals surface area contributed by atoms with E-state index in [0.29, 0.717) is 6.10 Å². The number of ether oxygens (including phenoxy) is 1. The first-order chi connectivity index (χ1) is 5.16. The Bertz CT molecular complexity index is 122. The molecule has 1 rings (SSSR count). The second kappa shape index (κ2) is 3.57. The zero-order chi connectivity index (χ0) is 8.32. The van der Waals surface area contributed by atoms with Gasteiger partial charge in [0.2, 0.25) is 0 Å². The van der Waals surface area contributed by atoms with Gasteiger partial charge in [-0.05, 0) is 33.1 Å². The van der Waals surface area contributed by atoms with Crippen molar-refractivity contribution in [2.45, 2.75) is 64.6 Å². The Balaban J connectivity index is 2.29. The highest BCUT2D eigenvalue weighted by Gasteiger charge is 2.32. The highest BCUT2D eigenvalue weighted by Crippen LogP contribution is 2.33. The van der Waals surface area contributed by atoms with Gasteiger partial charge >= 0.3 is 0 Å². The van der Waals surface area contributed by atoms with E-state index in [0.717, 1.165) is 0 Å². The molecule has 11 heavy (non-hydrogen) atoms. The molecular weight excluding hydrogens is 136 g/mol. The Kier molecular flexibility index (Phi) is 2.94. The third-order valence-corrected chi connectivity index (χ3v) is 2.62. The van der Waals surface area contributed by atoms with E-state index in [4.69, 9.17) is 4.74 Å². The van der Waals surface area contributed by atoms with Gasteiger partial charge in [0.15, 0.2) is 0 Å². The average Bonchev–Trinajstić information content (AvgIpc) is 2.28. The lowest BCUT2D eigenvalue weighted by atomic mass is 9.96. The molecule has 66 valence electrons. The normalized spacial score (nSPS) is 37.9. The second-order valence-electron chi connectivity index (χ2n) is 4.02. The van der Waals surface area contributed by atoms with Crippen molar-refractivity contribution in [2.75, 3.05) is 0 Å². The largest absolute Gasteiger partial charge is 0.372 e. The topological polar surface area (TPSA) is 9.23 Å². The smallest absolute Gasteiger partial charge is 0.0659 e. The van der Waals surface area contributed by atoms with Crippen LogP contribution in [0.15, 0.2) is 0 Å². The van der Waals surface area contributed by atoms with Crippen LogP contribution in [0.4, 0.5) is 0 Å². The van der Waals surface area contributed by atoms with Gasteiger partial charge in [0.1, 0.15) is 0 Å². The van der Waals surface area contributed by atoms with Crippen LogP contribution in [0.25, 0.3) is 0 Å². The minimum atomic E-state index is 0.218. The number of hydrogen-bond acceptors (Lipinski definition) is 1. The molecule has 0 saturated carbocycles. The van der Waals surface area contributed by atoms with E-state index < -0.39 is 0 Å². The highest BCUT2D eigenvalue weighted by molar-refractivity contribution is 4.82. The summed E-state index contributed by atoms with van der Waals surface area (Å²) in [6.07, 6.45) is 6.84. The molecule has 0 amide bonds. The van der Waals surface area contributed by atoms with E-state index in [2.05, 4.69) is 20.8 Å². The van der Waals surface area contributed by atoms with Gasteiger partial charge in [-0.15, -0.1) is 0 Å². The molecule has 0 radical (unpaired) electrons. The summed E-state index contributed by atoms with van der Waals surface area (Å²) in [5, 5.41) is 0. The van der Waals surface area contributed by atoms with Gasteiger partial charge in [-0.2, -0.15) is 0 Å². The summed E-state index contributed by atoms with van der Waals surface area (Å²) in [6.45, 7) is 6.67. The molecule has 0 spiro atoms. The first-order valence-corrected chi connectivity index (χ1v) is 4.84. The SMILES string of the molecule is CCCCC1(C)CCC(C)O1. The first-order valence-electron chi connectivity index (χ1n) is 4.84. The fourth-order valence-corrected chi connectivity index (χ4v) is 1.85. The van der Waals surface area contributed by atoms with Crippen molar-refractivity contribution in [3.63, 3.8) is 0 Å². The molecule has 2 atom stereocenters. The second-order valence-corrected chi connectivity index (χ2v) is 4.02. The molecule has 0 aliphatic carbocycles. The van der Waals surface area contributed by atoms with Gasteiger partial charge in [0, 0.05) is 0 Å². The lowest BCUT2D eigenvalue weighted by molar-refractivity contribution is -0.0272. The van der Waals surface area contributed by atoms with Crippen LogP contribution in [0.5, 0.6) is 0 Å². The quantitative estimate of drug-likeness (QED) is 0.610. The molecule has 1 saturated heterocycles. The lowest BCUT2D eigenvalue weighted by Gasteiger charge is -2.23. The summed E-state index contributed by atoms with van der Waals surface area (Å²) in [5.41, 5.74) is 0.218. The van der Waals surface area contributed by atoms with Gasteiger partial charge in [-0.3, -0.25) is 0 Å². The van der Waals surface area contributed by atoms with E-state index in [-0.39, 0.29) is 5.60 Å². The number of rotatable bonds is 3. The highest BCUT2D eigenvalue weighted by atomic mass is 16.5. The Morgan fingerprint density at radius 3 is 2.73 bits per heavy atom. The summed E-state index contributed by atoms with van der Waals surface area (Å²) >= 11 is 0. The standard InChI is InChI=1S/C10H20O/c1-4-5-7-10(3)8-6-9(2)11-10/h9H,4-8H2,1-3H3. The molecule has 0 N–H and O–H groups in total. The Hall–Kier alpha value is -0.0400. The number of unbranched alkanes of at least 4 members (excludes halogenated alkanes) is 1. The summed E-state index contributed by atoms with van der Waals surface area (Å²) in [7, 11) is 0. The maximum Gasteiger partial charge on any atom is 0.0659 e. The molecule has 0 bridgehead atoms. The van der Waals surface area contributed by atoms with Crippen LogP contribution in [-0.2, 0) is 4.74 Å². The molecular formula is C10H20O. The van der Waals surface area contributed by atoms with Crippen LogP contribution >= 0.6 is 0 Å². The molecule has 2 unspecified atom stereocenters. The summed E-state index contributed by atoms with van der Waals surface area (Å²) in [6, 6.07) is 0. The Morgan fingerprint density at radius 1 is 1.55 bits per heavy atom. The summed E-state index contributed by atoms with van der Waals surface area (Å²) in [5.74, 6) is 0. The fourth-order valence-electron chi connectivity index (χ4n) is 1.85. The van der Waals surface area contributed by atoms with E-state index in [9.17, 15) is 0 Å². The van der Waals surface area contributed by atoms with Crippen LogP contribution in [0.3, 0.4) is 0 Å².